The number of anilines is 1. The van der Waals surface area contributed by atoms with E-state index < -0.39 is 0 Å². The molecule has 1 heterocycles. The Labute approximate surface area is 165 Å². The number of halogens is 1. The largest absolute Gasteiger partial charge is 0.366 e. The summed E-state index contributed by atoms with van der Waals surface area (Å²) in [7, 11) is 1.70. The third-order valence-corrected chi connectivity index (χ3v) is 4.72. The molecule has 1 fully saturated rings. The molecule has 0 atom stereocenters. The van der Waals surface area contributed by atoms with Gasteiger partial charge in [0, 0.05) is 39.8 Å². The third-order valence-electron chi connectivity index (χ3n) is 4.72. The molecule has 6 nitrogen and oxygen atoms in total. The first-order chi connectivity index (χ1) is 13.7. The average molecular weight is 383 g/mol. The molecule has 2 N–H and O–H groups in total. The molecular weight excluding hydrogens is 357 g/mol. The Balaban J connectivity index is 1.44. The van der Waals surface area contributed by atoms with Gasteiger partial charge in [0.25, 0.3) is 0 Å². The van der Waals surface area contributed by atoms with Crippen molar-refractivity contribution in [3.8, 4) is 0 Å². The van der Waals surface area contributed by atoms with Crippen LogP contribution in [-0.4, -0.2) is 56.5 Å². The SMILES string of the molecule is CN=C(NCC(=O)NCc1ccccc1)N1CCN(c2ccccc2F)CC1. The van der Waals surface area contributed by atoms with E-state index in [0.717, 1.165) is 5.56 Å². The maximum atomic E-state index is 14.0. The summed E-state index contributed by atoms with van der Waals surface area (Å²) >= 11 is 0. The number of hydrogen-bond acceptors (Lipinski definition) is 3. The van der Waals surface area contributed by atoms with Gasteiger partial charge in [-0.2, -0.15) is 0 Å². The minimum Gasteiger partial charge on any atom is -0.366 e. The van der Waals surface area contributed by atoms with Crippen LogP contribution < -0.4 is 15.5 Å². The van der Waals surface area contributed by atoms with Crippen molar-refractivity contribution in [1.82, 2.24) is 15.5 Å². The Bertz CT molecular complexity index is 803. The van der Waals surface area contributed by atoms with Gasteiger partial charge in [0.05, 0.1) is 12.2 Å². The molecule has 1 saturated heterocycles. The predicted molar refractivity (Wildman–Crippen MR) is 110 cm³/mol. The molecule has 3 rings (SSSR count). The lowest BCUT2D eigenvalue weighted by Crippen LogP contribution is -2.53. The van der Waals surface area contributed by atoms with Crippen molar-refractivity contribution in [1.29, 1.82) is 0 Å². The van der Waals surface area contributed by atoms with Gasteiger partial charge in [-0.3, -0.25) is 9.79 Å². The topological polar surface area (TPSA) is 60.0 Å². The first-order valence-corrected chi connectivity index (χ1v) is 9.43. The van der Waals surface area contributed by atoms with Crippen LogP contribution in [0.5, 0.6) is 0 Å². The van der Waals surface area contributed by atoms with Crippen LogP contribution in [-0.2, 0) is 11.3 Å². The van der Waals surface area contributed by atoms with Gasteiger partial charge in [-0.05, 0) is 17.7 Å². The van der Waals surface area contributed by atoms with Crippen molar-refractivity contribution in [3.05, 3.63) is 66.0 Å². The third kappa shape index (κ3) is 5.22. The van der Waals surface area contributed by atoms with Crippen LogP contribution in [0.3, 0.4) is 0 Å². The summed E-state index contributed by atoms with van der Waals surface area (Å²) in [5, 5.41) is 6.00. The number of nitrogens with one attached hydrogen (secondary N) is 2. The molecular formula is C21H26FN5O. The van der Waals surface area contributed by atoms with Gasteiger partial charge >= 0.3 is 0 Å². The molecule has 2 aromatic carbocycles. The lowest BCUT2D eigenvalue weighted by Gasteiger charge is -2.37. The molecule has 0 radical (unpaired) electrons. The second kappa shape index (κ2) is 9.73. The lowest BCUT2D eigenvalue weighted by molar-refractivity contribution is -0.120. The van der Waals surface area contributed by atoms with Crippen LogP contribution in [0.25, 0.3) is 0 Å². The van der Waals surface area contributed by atoms with Crippen molar-refractivity contribution in [2.45, 2.75) is 6.54 Å². The monoisotopic (exact) mass is 383 g/mol. The van der Waals surface area contributed by atoms with Crippen molar-refractivity contribution in [2.75, 3.05) is 44.7 Å². The predicted octanol–water partition coefficient (Wildman–Crippen LogP) is 1.84. The molecule has 0 unspecified atom stereocenters. The Morgan fingerprint density at radius 1 is 1.00 bits per heavy atom. The van der Waals surface area contributed by atoms with Crippen LogP contribution in [0.1, 0.15) is 5.56 Å². The molecule has 0 aliphatic carbocycles. The normalized spacial score (nSPS) is 14.7. The first-order valence-electron chi connectivity index (χ1n) is 9.43. The average Bonchev–Trinajstić information content (AvgIpc) is 2.74. The number of rotatable bonds is 5. The quantitative estimate of drug-likeness (QED) is 0.611. The van der Waals surface area contributed by atoms with Crippen molar-refractivity contribution >= 4 is 17.6 Å². The van der Waals surface area contributed by atoms with Gasteiger partial charge in [0.2, 0.25) is 5.91 Å². The van der Waals surface area contributed by atoms with E-state index in [1.54, 1.807) is 19.2 Å². The highest BCUT2D eigenvalue weighted by molar-refractivity contribution is 5.86. The standard InChI is InChI=1S/C21H26FN5O/c1-23-21(25-16-20(28)24-15-17-7-3-2-4-8-17)27-13-11-26(12-14-27)19-10-6-5-9-18(19)22/h2-10H,11-16H2,1H3,(H,23,25)(H,24,28). The number of benzene rings is 2. The van der Waals surface area contributed by atoms with Crippen molar-refractivity contribution < 1.29 is 9.18 Å². The first kappa shape index (κ1) is 19.7. The molecule has 28 heavy (non-hydrogen) atoms. The number of piperazine rings is 1. The minimum absolute atomic E-state index is 0.0880. The summed E-state index contributed by atoms with van der Waals surface area (Å²) in [4.78, 5) is 20.5. The fourth-order valence-electron chi connectivity index (χ4n) is 3.22. The second-order valence-corrected chi connectivity index (χ2v) is 6.59. The van der Waals surface area contributed by atoms with Crippen molar-refractivity contribution in [2.24, 2.45) is 4.99 Å². The van der Waals surface area contributed by atoms with Crippen LogP contribution in [0, 0.1) is 5.82 Å². The van der Waals surface area contributed by atoms with E-state index in [0.29, 0.717) is 44.4 Å². The van der Waals surface area contributed by atoms with Crippen LogP contribution in [0.2, 0.25) is 0 Å². The molecule has 0 saturated carbocycles. The molecule has 0 bridgehead atoms. The lowest BCUT2D eigenvalue weighted by atomic mass is 10.2. The number of amides is 1. The fourth-order valence-corrected chi connectivity index (χ4v) is 3.22. The summed E-state index contributed by atoms with van der Waals surface area (Å²) in [5.74, 6) is 0.395. The molecule has 0 spiro atoms. The zero-order valence-electron chi connectivity index (χ0n) is 16.1. The molecule has 0 aromatic heterocycles. The second-order valence-electron chi connectivity index (χ2n) is 6.59. The van der Waals surface area contributed by atoms with E-state index in [2.05, 4.69) is 20.5 Å². The Kier molecular flexibility index (Phi) is 6.84. The van der Waals surface area contributed by atoms with E-state index in [4.69, 9.17) is 0 Å². The van der Waals surface area contributed by atoms with Gasteiger partial charge in [0.15, 0.2) is 5.96 Å². The number of aliphatic imine (C=N–C) groups is 1. The van der Waals surface area contributed by atoms with E-state index in [9.17, 15) is 9.18 Å². The molecule has 1 aliphatic heterocycles. The molecule has 1 aliphatic rings. The highest BCUT2D eigenvalue weighted by atomic mass is 19.1. The maximum absolute atomic E-state index is 14.0. The van der Waals surface area contributed by atoms with Crippen LogP contribution in [0.15, 0.2) is 59.6 Å². The van der Waals surface area contributed by atoms with Gasteiger partial charge < -0.3 is 20.4 Å². The smallest absolute Gasteiger partial charge is 0.239 e. The summed E-state index contributed by atoms with van der Waals surface area (Å²) in [6.07, 6.45) is 0. The zero-order valence-corrected chi connectivity index (χ0v) is 16.1. The minimum atomic E-state index is -0.200. The summed E-state index contributed by atoms with van der Waals surface area (Å²) in [6.45, 7) is 3.47. The van der Waals surface area contributed by atoms with Gasteiger partial charge in [-0.25, -0.2) is 4.39 Å². The number of carbonyl (C=O) groups is 1. The van der Waals surface area contributed by atoms with E-state index >= 15 is 0 Å². The van der Waals surface area contributed by atoms with Crippen LogP contribution >= 0.6 is 0 Å². The molecule has 148 valence electrons. The van der Waals surface area contributed by atoms with Gasteiger partial charge in [-0.15, -0.1) is 0 Å². The number of hydrogen-bond donors (Lipinski definition) is 2. The highest BCUT2D eigenvalue weighted by Crippen LogP contribution is 2.20. The Hall–Kier alpha value is -3.09. The molecule has 1 amide bonds. The molecule has 2 aromatic rings. The van der Waals surface area contributed by atoms with E-state index in [-0.39, 0.29) is 18.3 Å². The Morgan fingerprint density at radius 2 is 1.68 bits per heavy atom. The summed E-state index contributed by atoms with van der Waals surface area (Å²) < 4.78 is 14.0. The molecule has 7 heteroatoms. The highest BCUT2D eigenvalue weighted by Gasteiger charge is 2.21. The van der Waals surface area contributed by atoms with Crippen molar-refractivity contribution in [3.63, 3.8) is 0 Å². The van der Waals surface area contributed by atoms with E-state index in [1.807, 2.05) is 41.3 Å². The number of guanidine groups is 1. The maximum Gasteiger partial charge on any atom is 0.239 e. The summed E-state index contributed by atoms with van der Waals surface area (Å²) in [6, 6.07) is 16.6. The number of para-hydroxylation sites is 1. The fraction of sp³-hybridized carbons (Fsp3) is 0.333. The van der Waals surface area contributed by atoms with Gasteiger partial charge in [-0.1, -0.05) is 42.5 Å². The zero-order chi connectivity index (χ0) is 19.8. The van der Waals surface area contributed by atoms with E-state index in [1.165, 1.54) is 6.07 Å². The summed E-state index contributed by atoms with van der Waals surface area (Å²) in [5.41, 5.74) is 1.69. The van der Waals surface area contributed by atoms with Gasteiger partial charge in [0.1, 0.15) is 5.82 Å². The Morgan fingerprint density at radius 3 is 2.36 bits per heavy atom. The number of nitrogens with zero attached hydrogens (tertiary/aromatic N) is 3. The van der Waals surface area contributed by atoms with Crippen LogP contribution in [0.4, 0.5) is 10.1 Å². The number of carbonyl (C=O) groups excluding carboxylic acids is 1.